The molecule has 0 saturated carbocycles. The van der Waals surface area contributed by atoms with Crippen molar-refractivity contribution >= 4 is 69.9 Å². The van der Waals surface area contributed by atoms with Crippen molar-refractivity contribution in [3.63, 3.8) is 0 Å². The van der Waals surface area contributed by atoms with E-state index >= 15 is 0 Å². The summed E-state index contributed by atoms with van der Waals surface area (Å²) in [5, 5.41) is 15.0. The lowest BCUT2D eigenvalue weighted by molar-refractivity contribution is -0.123. The van der Waals surface area contributed by atoms with Crippen molar-refractivity contribution in [1.29, 1.82) is 0 Å². The minimum Gasteiger partial charge on any atom is -0.377 e. The zero-order chi connectivity index (χ0) is 58.9. The number of aromatic nitrogens is 4. The maximum absolute atomic E-state index is 12.2. The van der Waals surface area contributed by atoms with E-state index in [1.807, 2.05) is 36.4 Å². The summed E-state index contributed by atoms with van der Waals surface area (Å²) in [6.07, 6.45) is 5.04. The second-order valence-corrected chi connectivity index (χ2v) is 22.4. The van der Waals surface area contributed by atoms with Gasteiger partial charge >= 0.3 is 0 Å². The van der Waals surface area contributed by atoms with Gasteiger partial charge < -0.3 is 59.5 Å². The summed E-state index contributed by atoms with van der Waals surface area (Å²) in [5.41, 5.74) is 10.5. The summed E-state index contributed by atoms with van der Waals surface area (Å²) in [5.74, 6) is 1.54. The summed E-state index contributed by atoms with van der Waals surface area (Å²) < 4.78 is 33.9. The van der Waals surface area contributed by atoms with E-state index < -0.39 is 0 Å². The van der Waals surface area contributed by atoms with Crippen LogP contribution in [0.4, 0.5) is 11.6 Å². The SMILES string of the molecule is CN1Cc2c(Cl)cc(Cl)cc2[C@H](c2cccc(-c3cc(NCCOCCOCCOCCNC(=O)CCCCC(=O)NCCOCCOCCOCCNc4cc(-c5cccc([C@@H]6CN(C)Cc7c(Cl)cc(Cl)cc76)c5)ncn4)ncn3)c2)C1. The van der Waals surface area contributed by atoms with Crippen LogP contribution in [0.2, 0.25) is 20.1 Å². The van der Waals surface area contributed by atoms with Crippen molar-refractivity contribution in [3.8, 4) is 22.5 Å². The molecule has 2 aliphatic rings. The van der Waals surface area contributed by atoms with Crippen LogP contribution in [0.1, 0.15) is 70.9 Å². The Kier molecular flexibility index (Phi) is 26.5. The summed E-state index contributed by atoms with van der Waals surface area (Å²) in [6, 6.07) is 28.5. The predicted octanol–water partition coefficient (Wildman–Crippen LogP) is 9.79. The van der Waals surface area contributed by atoms with Crippen LogP contribution < -0.4 is 21.3 Å². The third-order valence-corrected chi connectivity index (χ3v) is 15.4. The van der Waals surface area contributed by atoms with Gasteiger partial charge in [0.1, 0.15) is 24.3 Å². The molecule has 2 amide bonds. The Morgan fingerprint density at radius 2 is 0.869 bits per heavy atom. The number of hydrogen-bond acceptors (Lipinski definition) is 16. The molecule has 0 fully saturated rings. The second-order valence-electron chi connectivity index (χ2n) is 20.7. The third kappa shape index (κ3) is 20.6. The number of halogens is 4. The largest absolute Gasteiger partial charge is 0.377 e. The number of likely N-dealkylation sites (N-methyl/N-ethyl adjacent to an activating group) is 2. The van der Waals surface area contributed by atoms with Gasteiger partial charge in [-0.1, -0.05) is 82.8 Å². The van der Waals surface area contributed by atoms with Crippen LogP contribution in [0.5, 0.6) is 0 Å². The minimum absolute atomic E-state index is 0.0702. The lowest BCUT2D eigenvalue weighted by Gasteiger charge is -2.33. The molecule has 0 aliphatic carbocycles. The molecular weight excluding hydrogens is 1150 g/mol. The molecule has 4 heterocycles. The van der Waals surface area contributed by atoms with Crippen molar-refractivity contribution in [1.82, 2.24) is 40.4 Å². The number of hydrogen-bond donors (Lipinski definition) is 4. The standard InChI is InChI=1S/C62H76Cl4N10O8/c1-75-37-51(49-31-47(63)33-55(65)53(49)39-75)43-7-5-9-45(29-43)57-35-59(73-41-71-57)67-13-17-79-21-25-83-27-23-81-19-15-69-61(77)11-3-4-12-62(78)70-16-20-82-24-28-84-26-22-80-18-14-68-60-36-58(72-42-74-60)46-10-6-8-44(30-46)52-38-76(2)40-54-50(52)32-48(64)34-56(54)66/h5-10,29-36,41-42,51-52H,3-4,11-28,37-40H2,1-2H3,(H,69,77)(H,70,78)(H,67,71,73)(H,68,72,74)/t51-,52-/m0/s1. The van der Waals surface area contributed by atoms with E-state index in [1.54, 1.807) is 12.7 Å². The molecule has 6 aromatic rings. The van der Waals surface area contributed by atoms with Gasteiger partial charge in [-0.3, -0.25) is 9.59 Å². The molecule has 2 aromatic heterocycles. The van der Waals surface area contributed by atoms with E-state index in [-0.39, 0.29) is 23.7 Å². The fraction of sp³-hybridized carbons (Fsp3) is 0.452. The Hall–Kier alpha value is -5.58. The quantitative estimate of drug-likeness (QED) is 0.0274. The number of benzene rings is 4. The monoisotopic (exact) mass is 1230 g/mol. The number of carbonyl (C=O) groups is 2. The van der Waals surface area contributed by atoms with Gasteiger partial charge in [0.05, 0.1) is 90.7 Å². The van der Waals surface area contributed by atoms with E-state index in [2.05, 4.69) is 114 Å². The van der Waals surface area contributed by atoms with Gasteiger partial charge in [0, 0.05) is 120 Å². The molecule has 0 radical (unpaired) electrons. The maximum atomic E-state index is 12.2. The molecule has 4 aromatic carbocycles. The number of carbonyl (C=O) groups excluding carboxylic acids is 2. The fourth-order valence-corrected chi connectivity index (χ4v) is 11.3. The second kappa shape index (κ2) is 34.5. The van der Waals surface area contributed by atoms with Gasteiger partial charge in [0.25, 0.3) is 0 Å². The van der Waals surface area contributed by atoms with E-state index in [0.29, 0.717) is 163 Å². The molecule has 2 atom stereocenters. The van der Waals surface area contributed by atoms with Gasteiger partial charge in [-0.15, -0.1) is 0 Å². The van der Waals surface area contributed by atoms with Crippen molar-refractivity contribution < 1.29 is 38.0 Å². The Morgan fingerprint density at radius 3 is 1.27 bits per heavy atom. The van der Waals surface area contributed by atoms with Crippen molar-refractivity contribution in [2.24, 2.45) is 0 Å². The van der Waals surface area contributed by atoms with Crippen LogP contribution in [-0.4, -0.2) is 174 Å². The van der Waals surface area contributed by atoms with Crippen LogP contribution >= 0.6 is 46.4 Å². The molecule has 18 nitrogen and oxygen atoms in total. The average Bonchev–Trinajstić information content (AvgIpc) is 3.40. The van der Waals surface area contributed by atoms with Gasteiger partial charge in [0.15, 0.2) is 0 Å². The maximum Gasteiger partial charge on any atom is 0.220 e. The van der Waals surface area contributed by atoms with Gasteiger partial charge in [0.2, 0.25) is 11.8 Å². The van der Waals surface area contributed by atoms with Crippen molar-refractivity contribution in [3.05, 3.63) is 151 Å². The Morgan fingerprint density at radius 1 is 0.488 bits per heavy atom. The highest BCUT2D eigenvalue weighted by Gasteiger charge is 2.29. The zero-order valence-electron chi connectivity index (χ0n) is 47.8. The molecule has 2 aliphatic heterocycles. The molecule has 8 rings (SSSR count). The van der Waals surface area contributed by atoms with E-state index in [1.165, 1.54) is 22.3 Å². The average molecular weight is 1230 g/mol. The lowest BCUT2D eigenvalue weighted by atomic mass is 9.84. The van der Waals surface area contributed by atoms with E-state index in [0.717, 1.165) is 59.8 Å². The Bertz CT molecular complexity index is 2860. The molecule has 0 saturated heterocycles. The highest BCUT2D eigenvalue weighted by atomic mass is 35.5. The number of rotatable bonds is 35. The van der Waals surface area contributed by atoms with Crippen molar-refractivity contribution in [2.45, 2.75) is 50.6 Å². The van der Waals surface area contributed by atoms with Crippen LogP contribution in [0, 0.1) is 0 Å². The molecule has 450 valence electrons. The Labute approximate surface area is 512 Å². The normalized spacial score (nSPS) is 15.1. The summed E-state index contributed by atoms with van der Waals surface area (Å²) in [4.78, 5) is 47.0. The van der Waals surface area contributed by atoms with Gasteiger partial charge in [-0.2, -0.15) is 0 Å². The summed E-state index contributed by atoms with van der Waals surface area (Å²) in [6.45, 7) is 10.4. The van der Waals surface area contributed by atoms with Crippen LogP contribution in [-0.2, 0) is 51.1 Å². The highest BCUT2D eigenvalue weighted by Crippen LogP contribution is 2.41. The molecule has 22 heteroatoms. The predicted molar refractivity (Wildman–Crippen MR) is 331 cm³/mol. The number of anilines is 2. The number of nitrogens with one attached hydrogen (secondary N) is 4. The molecular formula is C62H76Cl4N10O8. The van der Waals surface area contributed by atoms with E-state index in [4.69, 9.17) is 74.8 Å². The van der Waals surface area contributed by atoms with Gasteiger partial charge in [-0.05, 0) is 96.7 Å². The van der Waals surface area contributed by atoms with Crippen molar-refractivity contribution in [2.75, 3.05) is 143 Å². The third-order valence-electron chi connectivity index (χ3n) is 14.3. The molecule has 0 spiro atoms. The summed E-state index contributed by atoms with van der Waals surface area (Å²) >= 11 is 26.1. The molecule has 0 unspecified atom stereocenters. The minimum atomic E-state index is -0.0702. The first kappa shape index (κ1) is 64.4. The first-order chi connectivity index (χ1) is 41.0. The number of unbranched alkanes of at least 4 members (excludes halogenated alkanes) is 1. The number of amides is 2. The van der Waals surface area contributed by atoms with Crippen LogP contribution in [0.15, 0.2) is 97.6 Å². The Balaban J connectivity index is 0.559. The molecule has 84 heavy (non-hydrogen) atoms. The first-order valence-corrected chi connectivity index (χ1v) is 30.1. The highest BCUT2D eigenvalue weighted by molar-refractivity contribution is 6.35. The topological polar surface area (TPSA) is 196 Å². The van der Waals surface area contributed by atoms with Crippen LogP contribution in [0.25, 0.3) is 22.5 Å². The number of nitrogens with zero attached hydrogens (tertiary/aromatic N) is 6. The van der Waals surface area contributed by atoms with E-state index in [9.17, 15) is 9.59 Å². The summed E-state index contributed by atoms with van der Waals surface area (Å²) in [7, 11) is 4.21. The fourth-order valence-electron chi connectivity index (χ4n) is 10.2. The first-order valence-electron chi connectivity index (χ1n) is 28.6. The van der Waals surface area contributed by atoms with Gasteiger partial charge in [-0.25, -0.2) is 19.9 Å². The lowest BCUT2D eigenvalue weighted by Crippen LogP contribution is -2.31. The molecule has 4 N–H and O–H groups in total. The van der Waals surface area contributed by atoms with Crippen LogP contribution in [0.3, 0.4) is 0 Å². The number of fused-ring (bicyclic) bond motifs is 2. The smallest absolute Gasteiger partial charge is 0.220 e. The zero-order valence-corrected chi connectivity index (χ0v) is 50.8. The number of ether oxygens (including phenoxy) is 6. The molecule has 0 bridgehead atoms.